The summed E-state index contributed by atoms with van der Waals surface area (Å²) in [6, 6.07) is 0.467. The third-order valence-electron chi connectivity index (χ3n) is 2.57. The highest BCUT2D eigenvalue weighted by molar-refractivity contribution is 5.78. The fraction of sp³-hybridized carbons (Fsp3) is 0.889. The fourth-order valence-corrected chi connectivity index (χ4v) is 1.66. The van der Waals surface area contributed by atoms with Gasteiger partial charge in [-0.2, -0.15) is 0 Å². The second kappa shape index (κ2) is 4.58. The number of hydrogen-bond acceptors (Lipinski definition) is 3. The van der Waals surface area contributed by atoms with Crippen molar-refractivity contribution in [2.24, 2.45) is 5.73 Å². The summed E-state index contributed by atoms with van der Waals surface area (Å²) >= 11 is 0. The van der Waals surface area contributed by atoms with Gasteiger partial charge in [-0.15, -0.1) is 0 Å². The van der Waals surface area contributed by atoms with Crippen LogP contribution >= 0.6 is 0 Å². The molecule has 1 saturated heterocycles. The highest BCUT2D eigenvalue weighted by atomic mass is 16.2. The first-order chi connectivity index (χ1) is 6.15. The molecule has 1 atom stereocenters. The Labute approximate surface area is 79.7 Å². The van der Waals surface area contributed by atoms with Gasteiger partial charge in [0.25, 0.3) is 0 Å². The molecular formula is C9H19N3O. The summed E-state index contributed by atoms with van der Waals surface area (Å²) in [5.74, 6) is 0.218. The zero-order valence-electron chi connectivity index (χ0n) is 8.49. The van der Waals surface area contributed by atoms with E-state index in [1.54, 1.807) is 4.90 Å². The summed E-state index contributed by atoms with van der Waals surface area (Å²) in [6.07, 6.45) is 0.974. The van der Waals surface area contributed by atoms with Crippen molar-refractivity contribution in [3.63, 3.8) is 0 Å². The zero-order valence-corrected chi connectivity index (χ0v) is 8.49. The Kier molecular flexibility index (Phi) is 3.69. The summed E-state index contributed by atoms with van der Waals surface area (Å²) in [7, 11) is 1.86. The lowest BCUT2D eigenvalue weighted by Gasteiger charge is -2.37. The topological polar surface area (TPSA) is 49.6 Å². The minimum atomic E-state index is 0.218. The SMILES string of the molecule is CC1CN(C)C(=O)CN1CCCN. The second-order valence-corrected chi connectivity index (χ2v) is 3.74. The monoisotopic (exact) mass is 185 g/mol. The van der Waals surface area contributed by atoms with Crippen LogP contribution in [-0.2, 0) is 4.79 Å². The fourth-order valence-electron chi connectivity index (χ4n) is 1.66. The number of carbonyl (C=O) groups excluding carboxylic acids is 1. The molecule has 1 unspecified atom stereocenters. The molecular weight excluding hydrogens is 166 g/mol. The molecule has 0 aliphatic carbocycles. The number of likely N-dealkylation sites (N-methyl/N-ethyl adjacent to an activating group) is 1. The Morgan fingerprint density at radius 2 is 2.31 bits per heavy atom. The highest BCUT2D eigenvalue weighted by Crippen LogP contribution is 2.08. The molecule has 0 spiro atoms. The molecule has 13 heavy (non-hydrogen) atoms. The summed E-state index contributed by atoms with van der Waals surface area (Å²) in [5.41, 5.74) is 5.43. The van der Waals surface area contributed by atoms with Gasteiger partial charge in [-0.3, -0.25) is 9.69 Å². The molecule has 0 saturated carbocycles. The molecule has 1 rings (SSSR count). The van der Waals surface area contributed by atoms with Crippen LogP contribution < -0.4 is 5.73 Å². The number of piperazine rings is 1. The van der Waals surface area contributed by atoms with Crippen LogP contribution in [0.2, 0.25) is 0 Å². The molecule has 1 fully saturated rings. The van der Waals surface area contributed by atoms with E-state index in [1.807, 2.05) is 7.05 Å². The molecule has 1 aliphatic rings. The van der Waals surface area contributed by atoms with Crippen LogP contribution in [0.15, 0.2) is 0 Å². The standard InChI is InChI=1S/C9H19N3O/c1-8-6-11(2)9(13)7-12(8)5-3-4-10/h8H,3-7,10H2,1-2H3. The Morgan fingerprint density at radius 1 is 1.62 bits per heavy atom. The summed E-state index contributed by atoms with van der Waals surface area (Å²) < 4.78 is 0. The average Bonchev–Trinajstić information content (AvgIpc) is 2.09. The normalized spacial score (nSPS) is 25.3. The molecule has 4 nitrogen and oxygen atoms in total. The summed E-state index contributed by atoms with van der Waals surface area (Å²) in [6.45, 7) is 5.19. The van der Waals surface area contributed by atoms with Crippen molar-refractivity contribution in [3.8, 4) is 0 Å². The molecule has 0 bridgehead atoms. The second-order valence-electron chi connectivity index (χ2n) is 3.74. The number of carbonyl (C=O) groups is 1. The van der Waals surface area contributed by atoms with Gasteiger partial charge in [0.2, 0.25) is 5.91 Å². The van der Waals surface area contributed by atoms with Crippen LogP contribution in [0.25, 0.3) is 0 Å². The molecule has 76 valence electrons. The van der Waals surface area contributed by atoms with Crippen LogP contribution in [0.3, 0.4) is 0 Å². The molecule has 2 N–H and O–H groups in total. The third kappa shape index (κ3) is 2.67. The van der Waals surface area contributed by atoms with Crippen molar-refractivity contribution in [1.29, 1.82) is 0 Å². The van der Waals surface area contributed by atoms with Gasteiger partial charge in [0.1, 0.15) is 0 Å². The number of nitrogens with zero attached hydrogens (tertiary/aromatic N) is 2. The van der Waals surface area contributed by atoms with Gasteiger partial charge in [-0.25, -0.2) is 0 Å². The van der Waals surface area contributed by atoms with Crippen LogP contribution in [0, 0.1) is 0 Å². The Hall–Kier alpha value is -0.610. The quantitative estimate of drug-likeness (QED) is 0.645. The molecule has 1 heterocycles. The largest absolute Gasteiger partial charge is 0.343 e. The van der Waals surface area contributed by atoms with Gasteiger partial charge in [0.05, 0.1) is 6.54 Å². The van der Waals surface area contributed by atoms with Crippen LogP contribution in [0.5, 0.6) is 0 Å². The van der Waals surface area contributed by atoms with Crippen molar-refractivity contribution < 1.29 is 4.79 Å². The lowest BCUT2D eigenvalue weighted by molar-refractivity contribution is -0.136. The first kappa shape index (κ1) is 10.5. The van der Waals surface area contributed by atoms with Crippen LogP contribution in [0.4, 0.5) is 0 Å². The van der Waals surface area contributed by atoms with E-state index in [1.165, 1.54) is 0 Å². The van der Waals surface area contributed by atoms with E-state index in [-0.39, 0.29) is 5.91 Å². The lowest BCUT2D eigenvalue weighted by atomic mass is 10.2. The van der Waals surface area contributed by atoms with Gasteiger partial charge >= 0.3 is 0 Å². The van der Waals surface area contributed by atoms with Crippen molar-refractivity contribution in [2.45, 2.75) is 19.4 Å². The molecule has 0 aromatic rings. The maximum atomic E-state index is 11.4. The predicted molar refractivity (Wildman–Crippen MR) is 52.3 cm³/mol. The number of amides is 1. The maximum Gasteiger partial charge on any atom is 0.236 e. The Morgan fingerprint density at radius 3 is 2.92 bits per heavy atom. The molecule has 0 aromatic heterocycles. The van der Waals surface area contributed by atoms with E-state index in [9.17, 15) is 4.79 Å². The molecule has 1 amide bonds. The molecule has 1 aliphatic heterocycles. The molecule has 4 heteroatoms. The van der Waals surface area contributed by atoms with Gasteiger partial charge in [0, 0.05) is 26.2 Å². The Balaban J connectivity index is 2.41. The number of nitrogens with two attached hydrogens (primary N) is 1. The van der Waals surface area contributed by atoms with Crippen LogP contribution in [0.1, 0.15) is 13.3 Å². The molecule has 0 aromatic carbocycles. The first-order valence-corrected chi connectivity index (χ1v) is 4.83. The van der Waals surface area contributed by atoms with E-state index in [0.717, 1.165) is 19.5 Å². The van der Waals surface area contributed by atoms with Gasteiger partial charge < -0.3 is 10.6 Å². The van der Waals surface area contributed by atoms with Crippen molar-refractivity contribution in [1.82, 2.24) is 9.80 Å². The third-order valence-corrected chi connectivity index (χ3v) is 2.57. The van der Waals surface area contributed by atoms with E-state index < -0.39 is 0 Å². The van der Waals surface area contributed by atoms with E-state index in [0.29, 0.717) is 19.1 Å². The number of rotatable bonds is 3. The summed E-state index contributed by atoms with van der Waals surface area (Å²) in [5, 5.41) is 0. The van der Waals surface area contributed by atoms with Crippen LogP contribution in [-0.4, -0.2) is 55.0 Å². The lowest BCUT2D eigenvalue weighted by Crippen LogP contribution is -2.53. The van der Waals surface area contributed by atoms with Crippen molar-refractivity contribution in [3.05, 3.63) is 0 Å². The minimum absolute atomic E-state index is 0.218. The number of hydrogen-bond donors (Lipinski definition) is 1. The maximum absolute atomic E-state index is 11.4. The zero-order chi connectivity index (χ0) is 9.84. The first-order valence-electron chi connectivity index (χ1n) is 4.83. The van der Waals surface area contributed by atoms with E-state index in [4.69, 9.17) is 5.73 Å². The smallest absolute Gasteiger partial charge is 0.236 e. The minimum Gasteiger partial charge on any atom is -0.343 e. The Bertz CT molecular complexity index is 184. The van der Waals surface area contributed by atoms with Gasteiger partial charge in [0.15, 0.2) is 0 Å². The van der Waals surface area contributed by atoms with Crippen molar-refractivity contribution in [2.75, 3.05) is 33.2 Å². The van der Waals surface area contributed by atoms with E-state index in [2.05, 4.69) is 11.8 Å². The predicted octanol–water partition coefficient (Wildman–Crippen LogP) is -0.502. The van der Waals surface area contributed by atoms with Gasteiger partial charge in [-0.05, 0) is 19.9 Å². The van der Waals surface area contributed by atoms with Gasteiger partial charge in [-0.1, -0.05) is 0 Å². The van der Waals surface area contributed by atoms with Crippen molar-refractivity contribution >= 4 is 5.91 Å². The molecule has 0 radical (unpaired) electrons. The summed E-state index contributed by atoms with van der Waals surface area (Å²) in [4.78, 5) is 15.4. The average molecular weight is 185 g/mol. The van der Waals surface area contributed by atoms with E-state index >= 15 is 0 Å². The highest BCUT2D eigenvalue weighted by Gasteiger charge is 2.26.